The summed E-state index contributed by atoms with van der Waals surface area (Å²) in [4.78, 5) is 11.4. The molecule has 4 rings (SSSR count). The Morgan fingerprint density at radius 3 is 2.67 bits per heavy atom. The summed E-state index contributed by atoms with van der Waals surface area (Å²) >= 11 is 0. The van der Waals surface area contributed by atoms with Crippen molar-refractivity contribution in [1.29, 1.82) is 0 Å². The molecule has 1 spiro atoms. The third-order valence-corrected chi connectivity index (χ3v) is 5.43. The van der Waals surface area contributed by atoms with E-state index in [-0.39, 0.29) is 5.60 Å². The number of carboxylic acid groups (broad SMARTS) is 1. The molecule has 0 saturated carbocycles. The SMILES string of the molecule is COCCC1CCOC2(C1)CN(Cc1ccc3c(c1)OCO3)C2.O=C(O)C(F)(F)F. The highest BCUT2D eigenvalue weighted by atomic mass is 19.4. The summed E-state index contributed by atoms with van der Waals surface area (Å²) in [6, 6.07) is 6.23. The quantitative estimate of drug-likeness (QED) is 0.765. The average molecular weight is 433 g/mol. The van der Waals surface area contributed by atoms with Crippen LogP contribution in [0.2, 0.25) is 0 Å². The van der Waals surface area contributed by atoms with E-state index in [1.54, 1.807) is 7.11 Å². The molecule has 1 aromatic carbocycles. The third-order valence-electron chi connectivity index (χ3n) is 5.43. The Morgan fingerprint density at radius 1 is 1.30 bits per heavy atom. The number of likely N-dealkylation sites (tertiary alicyclic amines) is 1. The van der Waals surface area contributed by atoms with E-state index < -0.39 is 12.1 Å². The summed E-state index contributed by atoms with van der Waals surface area (Å²) in [5.41, 5.74) is 1.36. The lowest BCUT2D eigenvalue weighted by Gasteiger charge is -2.53. The van der Waals surface area contributed by atoms with Crippen LogP contribution in [0.4, 0.5) is 13.2 Å². The van der Waals surface area contributed by atoms with Crippen LogP contribution >= 0.6 is 0 Å². The van der Waals surface area contributed by atoms with Gasteiger partial charge < -0.3 is 24.1 Å². The summed E-state index contributed by atoms with van der Waals surface area (Å²) in [7, 11) is 1.78. The standard InChI is InChI=1S/C18H25NO4.C2HF3O2/c1-20-6-4-14-5-7-23-18(9-14)11-19(12-18)10-15-2-3-16-17(8-15)22-13-21-16;3-2(4,5)1(6)7/h2-3,8,14H,4-7,9-13H2,1H3;(H,6,7). The molecule has 3 heterocycles. The van der Waals surface area contributed by atoms with Crippen LogP contribution in [-0.2, 0) is 20.8 Å². The van der Waals surface area contributed by atoms with Gasteiger partial charge in [-0.05, 0) is 42.9 Å². The number of hydrogen-bond donors (Lipinski definition) is 1. The number of ether oxygens (including phenoxy) is 4. The van der Waals surface area contributed by atoms with E-state index in [2.05, 4.69) is 17.0 Å². The van der Waals surface area contributed by atoms with Crippen molar-refractivity contribution in [2.45, 2.75) is 37.6 Å². The molecule has 7 nitrogen and oxygen atoms in total. The summed E-state index contributed by atoms with van der Waals surface area (Å²) in [6.07, 6.45) is -1.58. The minimum Gasteiger partial charge on any atom is -0.475 e. The zero-order chi connectivity index (χ0) is 21.8. The first-order valence-corrected chi connectivity index (χ1v) is 9.75. The minimum absolute atomic E-state index is 0.0903. The third kappa shape index (κ3) is 5.77. The van der Waals surface area contributed by atoms with Crippen molar-refractivity contribution in [3.05, 3.63) is 23.8 Å². The second-order valence-electron chi connectivity index (χ2n) is 7.81. The lowest BCUT2D eigenvalue weighted by atomic mass is 9.79. The number of carbonyl (C=O) groups is 1. The molecule has 0 bridgehead atoms. The first-order valence-electron chi connectivity index (χ1n) is 9.75. The molecule has 168 valence electrons. The first-order chi connectivity index (χ1) is 14.2. The molecule has 0 aliphatic carbocycles. The molecule has 0 radical (unpaired) electrons. The van der Waals surface area contributed by atoms with E-state index >= 15 is 0 Å². The number of hydrogen-bond acceptors (Lipinski definition) is 6. The molecule has 1 atom stereocenters. The molecule has 1 N–H and O–H groups in total. The predicted molar refractivity (Wildman–Crippen MR) is 99.4 cm³/mol. The van der Waals surface area contributed by atoms with Crippen molar-refractivity contribution in [3.63, 3.8) is 0 Å². The highest BCUT2D eigenvalue weighted by Gasteiger charge is 2.47. The zero-order valence-electron chi connectivity index (χ0n) is 16.7. The average Bonchev–Trinajstić information content (AvgIpc) is 3.13. The van der Waals surface area contributed by atoms with Crippen molar-refractivity contribution < 1.29 is 42.0 Å². The van der Waals surface area contributed by atoms with Gasteiger partial charge in [0.2, 0.25) is 6.79 Å². The molecule has 0 aromatic heterocycles. The second-order valence-corrected chi connectivity index (χ2v) is 7.81. The number of carboxylic acids is 1. The Morgan fingerprint density at radius 2 is 2.00 bits per heavy atom. The van der Waals surface area contributed by atoms with E-state index in [1.165, 1.54) is 18.4 Å². The summed E-state index contributed by atoms with van der Waals surface area (Å²) in [6.45, 7) is 5.11. The van der Waals surface area contributed by atoms with Gasteiger partial charge in [-0.25, -0.2) is 4.79 Å². The van der Waals surface area contributed by atoms with Gasteiger partial charge in [-0.15, -0.1) is 0 Å². The normalized spacial score (nSPS) is 22.2. The van der Waals surface area contributed by atoms with Gasteiger partial charge in [-0.1, -0.05) is 6.07 Å². The van der Waals surface area contributed by atoms with Gasteiger partial charge in [0.1, 0.15) is 0 Å². The van der Waals surface area contributed by atoms with Gasteiger partial charge in [0, 0.05) is 40.0 Å². The zero-order valence-corrected chi connectivity index (χ0v) is 16.7. The molecular weight excluding hydrogens is 407 g/mol. The fourth-order valence-corrected chi connectivity index (χ4v) is 4.06. The number of halogens is 3. The molecular formula is C20H26F3NO6. The topological polar surface area (TPSA) is 77.5 Å². The van der Waals surface area contributed by atoms with Gasteiger partial charge in [0.05, 0.1) is 5.60 Å². The molecule has 2 saturated heterocycles. The molecule has 1 unspecified atom stereocenters. The summed E-state index contributed by atoms with van der Waals surface area (Å²) in [5.74, 6) is -0.291. The molecule has 3 aliphatic heterocycles. The summed E-state index contributed by atoms with van der Waals surface area (Å²) in [5, 5.41) is 7.12. The Kier molecular flexibility index (Phi) is 7.10. The van der Waals surface area contributed by atoms with E-state index in [4.69, 9.17) is 28.8 Å². The highest BCUT2D eigenvalue weighted by Crippen LogP contribution is 2.39. The van der Waals surface area contributed by atoms with Crippen molar-refractivity contribution in [3.8, 4) is 11.5 Å². The number of nitrogens with zero attached hydrogens (tertiary/aromatic N) is 1. The van der Waals surface area contributed by atoms with E-state index in [0.29, 0.717) is 6.79 Å². The van der Waals surface area contributed by atoms with Gasteiger partial charge in [-0.3, -0.25) is 4.90 Å². The smallest absolute Gasteiger partial charge is 0.475 e. The van der Waals surface area contributed by atoms with Crippen molar-refractivity contribution in [1.82, 2.24) is 4.90 Å². The van der Waals surface area contributed by atoms with Gasteiger partial charge in [-0.2, -0.15) is 13.2 Å². The van der Waals surface area contributed by atoms with Crippen molar-refractivity contribution in [2.75, 3.05) is 40.2 Å². The fraction of sp³-hybridized carbons (Fsp3) is 0.650. The van der Waals surface area contributed by atoms with E-state index in [0.717, 1.165) is 56.7 Å². The molecule has 10 heteroatoms. The van der Waals surface area contributed by atoms with Gasteiger partial charge >= 0.3 is 12.1 Å². The predicted octanol–water partition coefficient (Wildman–Crippen LogP) is 3.07. The summed E-state index contributed by atoms with van der Waals surface area (Å²) < 4.78 is 53.9. The molecule has 3 aliphatic rings. The van der Waals surface area contributed by atoms with Crippen LogP contribution in [-0.4, -0.2) is 68.0 Å². The number of fused-ring (bicyclic) bond motifs is 1. The molecule has 2 fully saturated rings. The maximum Gasteiger partial charge on any atom is 0.490 e. The van der Waals surface area contributed by atoms with Crippen LogP contribution in [0, 0.1) is 5.92 Å². The van der Waals surface area contributed by atoms with Crippen molar-refractivity contribution >= 4 is 5.97 Å². The minimum atomic E-state index is -5.08. The van der Waals surface area contributed by atoms with Crippen LogP contribution in [0.5, 0.6) is 11.5 Å². The monoisotopic (exact) mass is 433 g/mol. The Hall–Kier alpha value is -2.04. The number of rotatable bonds is 5. The Balaban J connectivity index is 0.000000318. The van der Waals surface area contributed by atoms with E-state index in [9.17, 15) is 13.2 Å². The maximum atomic E-state index is 10.6. The van der Waals surface area contributed by atoms with Crippen LogP contribution in [0.15, 0.2) is 18.2 Å². The van der Waals surface area contributed by atoms with Crippen LogP contribution in [0.3, 0.4) is 0 Å². The second kappa shape index (κ2) is 9.40. The molecule has 30 heavy (non-hydrogen) atoms. The number of benzene rings is 1. The lowest BCUT2D eigenvalue weighted by molar-refractivity contribution is -0.192. The molecule has 0 amide bonds. The number of methoxy groups -OCH3 is 1. The van der Waals surface area contributed by atoms with Crippen LogP contribution < -0.4 is 9.47 Å². The van der Waals surface area contributed by atoms with E-state index in [1.807, 2.05) is 6.07 Å². The Labute approximate surface area is 172 Å². The number of alkyl halides is 3. The highest BCUT2D eigenvalue weighted by molar-refractivity contribution is 5.73. The van der Waals surface area contributed by atoms with Crippen LogP contribution in [0.1, 0.15) is 24.8 Å². The fourth-order valence-electron chi connectivity index (χ4n) is 4.06. The van der Waals surface area contributed by atoms with Gasteiger partial charge in [0.25, 0.3) is 0 Å². The van der Waals surface area contributed by atoms with Crippen LogP contribution in [0.25, 0.3) is 0 Å². The van der Waals surface area contributed by atoms with Crippen molar-refractivity contribution in [2.24, 2.45) is 5.92 Å². The largest absolute Gasteiger partial charge is 0.490 e. The maximum absolute atomic E-state index is 10.6. The molecule has 1 aromatic rings. The Bertz CT molecular complexity index is 736. The number of aliphatic carboxylic acids is 1. The van der Waals surface area contributed by atoms with Gasteiger partial charge in [0.15, 0.2) is 11.5 Å². The first kappa shape index (κ1) is 22.6. The lowest BCUT2D eigenvalue weighted by Crippen LogP contribution is -2.64.